The molecule has 1 atom stereocenters. The maximum absolute atomic E-state index is 10.4. The van der Waals surface area contributed by atoms with E-state index in [0.29, 0.717) is 0 Å². The highest BCUT2D eigenvalue weighted by atomic mass is 35.5. The molecule has 0 bridgehead atoms. The third kappa shape index (κ3) is 3.63. The molecule has 0 aliphatic rings. The molecular formula is C9H6Cl3NO5. The molecule has 0 radical (unpaired) electrons. The quantitative estimate of drug-likeness (QED) is 0.396. The first-order valence-electron chi connectivity index (χ1n) is 4.42. The van der Waals surface area contributed by atoms with Gasteiger partial charge in [-0.1, -0.05) is 35.3 Å². The van der Waals surface area contributed by atoms with E-state index in [9.17, 15) is 14.9 Å². The molecule has 1 unspecified atom stereocenters. The van der Waals surface area contributed by atoms with Crippen LogP contribution in [0.3, 0.4) is 0 Å². The molecule has 0 aliphatic carbocycles. The van der Waals surface area contributed by atoms with Gasteiger partial charge in [0, 0.05) is 12.1 Å². The Morgan fingerprint density at radius 2 is 1.89 bits per heavy atom. The number of nitrogens with zero attached hydrogens (tertiary/aromatic N) is 1. The average Bonchev–Trinajstić information content (AvgIpc) is 2.26. The number of nitro groups is 1. The first-order valence-corrected chi connectivity index (χ1v) is 5.61. The van der Waals surface area contributed by atoms with Gasteiger partial charge in [-0.25, -0.2) is 4.79 Å². The van der Waals surface area contributed by atoms with E-state index in [4.69, 9.17) is 39.9 Å². The minimum atomic E-state index is -2.19. The van der Waals surface area contributed by atoms with Gasteiger partial charge < -0.3 is 9.84 Å². The summed E-state index contributed by atoms with van der Waals surface area (Å²) in [5.41, 5.74) is 0.144. The third-order valence-corrected chi connectivity index (χ3v) is 3.29. The van der Waals surface area contributed by atoms with E-state index in [1.165, 1.54) is 24.3 Å². The Kier molecular flexibility index (Phi) is 4.61. The molecule has 0 amide bonds. The largest absolute Gasteiger partial charge is 0.508 e. The van der Waals surface area contributed by atoms with E-state index in [2.05, 4.69) is 4.74 Å². The number of benzene rings is 1. The van der Waals surface area contributed by atoms with Crippen molar-refractivity contribution in [1.29, 1.82) is 0 Å². The number of rotatable bonds is 4. The summed E-state index contributed by atoms with van der Waals surface area (Å²) in [7, 11) is 0. The second-order valence-corrected chi connectivity index (χ2v) is 4.89. The SMILES string of the molecule is O=C(O)OC(Cl)(Cl)C(Cl)c1ccc([N+](=O)[O-])cc1. The Bertz CT molecular complexity index is 462. The van der Waals surface area contributed by atoms with Crippen LogP contribution in [0.2, 0.25) is 0 Å². The number of non-ortho nitro benzene ring substituents is 1. The van der Waals surface area contributed by atoms with Gasteiger partial charge in [0.25, 0.3) is 10.2 Å². The molecule has 9 heteroatoms. The average molecular weight is 315 g/mol. The molecule has 0 saturated heterocycles. The van der Waals surface area contributed by atoms with Gasteiger partial charge in [0.2, 0.25) is 0 Å². The smallest absolute Gasteiger partial charge is 0.450 e. The molecule has 0 aromatic heterocycles. The molecular weight excluding hydrogens is 308 g/mol. The molecule has 0 fully saturated rings. The second kappa shape index (κ2) is 5.60. The van der Waals surface area contributed by atoms with Crippen molar-refractivity contribution in [3.8, 4) is 0 Å². The minimum absolute atomic E-state index is 0.142. The number of carbonyl (C=O) groups is 1. The minimum Gasteiger partial charge on any atom is -0.450 e. The fourth-order valence-electron chi connectivity index (χ4n) is 1.13. The van der Waals surface area contributed by atoms with Gasteiger partial charge in [0.05, 0.1) is 4.92 Å². The molecule has 1 rings (SSSR count). The van der Waals surface area contributed by atoms with Gasteiger partial charge >= 0.3 is 6.16 Å². The van der Waals surface area contributed by atoms with Crippen LogP contribution < -0.4 is 0 Å². The van der Waals surface area contributed by atoms with Crippen LogP contribution in [0.4, 0.5) is 10.5 Å². The zero-order chi connectivity index (χ0) is 13.9. The van der Waals surface area contributed by atoms with Crippen molar-refractivity contribution in [2.45, 2.75) is 9.90 Å². The topological polar surface area (TPSA) is 89.7 Å². The lowest BCUT2D eigenvalue weighted by molar-refractivity contribution is -0.384. The molecule has 98 valence electrons. The number of carboxylic acid groups (broad SMARTS) is 1. The van der Waals surface area contributed by atoms with Crippen molar-refractivity contribution >= 4 is 46.6 Å². The molecule has 1 aromatic rings. The van der Waals surface area contributed by atoms with Gasteiger partial charge in [0.1, 0.15) is 5.38 Å². The summed E-state index contributed by atoms with van der Waals surface area (Å²) in [6, 6.07) is 4.99. The number of ether oxygens (including phenoxy) is 1. The summed E-state index contributed by atoms with van der Waals surface area (Å²) in [6.07, 6.45) is -1.69. The fraction of sp³-hybridized carbons (Fsp3) is 0.222. The summed E-state index contributed by atoms with van der Waals surface area (Å²) in [5, 5.41) is 17.7. The normalized spacial score (nSPS) is 12.8. The Hall–Kier alpha value is -1.24. The highest BCUT2D eigenvalue weighted by Crippen LogP contribution is 2.42. The van der Waals surface area contributed by atoms with Gasteiger partial charge in [-0.05, 0) is 5.56 Å². The summed E-state index contributed by atoms with van der Waals surface area (Å²) in [5.74, 6) is 0. The molecule has 18 heavy (non-hydrogen) atoms. The highest BCUT2D eigenvalue weighted by molar-refractivity contribution is 6.51. The van der Waals surface area contributed by atoms with E-state index in [-0.39, 0.29) is 11.3 Å². The van der Waals surface area contributed by atoms with Crippen molar-refractivity contribution in [3.05, 3.63) is 39.9 Å². The standard InChI is InChI=1S/C9H6Cl3NO5/c10-7(9(11,12)18-8(14)15)5-1-3-6(4-2-5)13(16)17/h1-4,7H,(H,14,15). The van der Waals surface area contributed by atoms with E-state index in [0.717, 1.165) is 0 Å². The maximum atomic E-state index is 10.4. The Balaban J connectivity index is 2.93. The van der Waals surface area contributed by atoms with Crippen LogP contribution in [0.5, 0.6) is 0 Å². The molecule has 0 spiro atoms. The predicted molar refractivity (Wildman–Crippen MR) is 65.2 cm³/mol. The fourth-order valence-corrected chi connectivity index (χ4v) is 1.70. The predicted octanol–water partition coefficient (Wildman–Crippen LogP) is 3.70. The van der Waals surface area contributed by atoms with Crippen molar-refractivity contribution in [2.24, 2.45) is 0 Å². The lowest BCUT2D eigenvalue weighted by Crippen LogP contribution is -2.26. The van der Waals surface area contributed by atoms with Gasteiger partial charge in [-0.3, -0.25) is 10.1 Å². The number of halogens is 3. The molecule has 1 aromatic carbocycles. The number of hydrogen-bond acceptors (Lipinski definition) is 4. The number of nitro benzene ring substituents is 1. The first kappa shape index (κ1) is 14.8. The van der Waals surface area contributed by atoms with E-state index < -0.39 is 21.0 Å². The van der Waals surface area contributed by atoms with E-state index in [1.54, 1.807) is 0 Å². The van der Waals surface area contributed by atoms with Crippen molar-refractivity contribution in [3.63, 3.8) is 0 Å². The lowest BCUT2D eigenvalue weighted by Gasteiger charge is -2.23. The molecule has 0 saturated carbocycles. The van der Waals surface area contributed by atoms with Gasteiger partial charge in [0.15, 0.2) is 0 Å². The number of hydrogen-bond donors (Lipinski definition) is 1. The third-order valence-electron chi connectivity index (χ3n) is 1.92. The zero-order valence-corrected chi connectivity index (χ0v) is 10.8. The summed E-state index contributed by atoms with van der Waals surface area (Å²) >= 11 is 17.1. The van der Waals surface area contributed by atoms with Crippen molar-refractivity contribution < 1.29 is 19.6 Å². The van der Waals surface area contributed by atoms with E-state index >= 15 is 0 Å². The van der Waals surface area contributed by atoms with Gasteiger partial charge in [-0.15, -0.1) is 11.6 Å². The molecule has 0 heterocycles. The van der Waals surface area contributed by atoms with Gasteiger partial charge in [-0.2, -0.15) is 0 Å². The highest BCUT2D eigenvalue weighted by Gasteiger charge is 2.39. The number of alkyl halides is 3. The van der Waals surface area contributed by atoms with Crippen LogP contribution in [-0.2, 0) is 4.74 Å². The summed E-state index contributed by atoms with van der Waals surface area (Å²) in [4.78, 5) is 20.2. The van der Waals surface area contributed by atoms with Crippen molar-refractivity contribution in [1.82, 2.24) is 0 Å². The zero-order valence-electron chi connectivity index (χ0n) is 8.55. The monoisotopic (exact) mass is 313 g/mol. The van der Waals surface area contributed by atoms with Crippen molar-refractivity contribution in [2.75, 3.05) is 0 Å². The molecule has 1 N–H and O–H groups in total. The van der Waals surface area contributed by atoms with Crippen LogP contribution >= 0.6 is 34.8 Å². The summed E-state index contributed by atoms with van der Waals surface area (Å²) < 4.78 is 2.02. The molecule has 6 nitrogen and oxygen atoms in total. The van der Waals surface area contributed by atoms with E-state index in [1.807, 2.05) is 0 Å². The van der Waals surface area contributed by atoms with Crippen LogP contribution in [0, 0.1) is 10.1 Å². The Morgan fingerprint density at radius 3 is 2.28 bits per heavy atom. The second-order valence-electron chi connectivity index (χ2n) is 3.14. The Morgan fingerprint density at radius 1 is 1.39 bits per heavy atom. The Labute approximate surface area is 116 Å². The molecule has 0 aliphatic heterocycles. The van der Waals surface area contributed by atoms with Crippen LogP contribution in [0.1, 0.15) is 10.9 Å². The van der Waals surface area contributed by atoms with Crippen LogP contribution in [0.15, 0.2) is 24.3 Å². The summed E-state index contributed by atoms with van der Waals surface area (Å²) in [6.45, 7) is 0. The lowest BCUT2D eigenvalue weighted by atomic mass is 10.1. The first-order chi connectivity index (χ1) is 8.24. The van der Waals surface area contributed by atoms with Crippen LogP contribution in [0.25, 0.3) is 0 Å². The maximum Gasteiger partial charge on any atom is 0.508 e. The van der Waals surface area contributed by atoms with Crippen LogP contribution in [-0.4, -0.2) is 20.7 Å².